The topological polar surface area (TPSA) is 59.4 Å². The van der Waals surface area contributed by atoms with E-state index in [4.69, 9.17) is 16.3 Å². The number of pyridine rings is 1. The number of carbonyl (C=O) groups is 1. The molecule has 1 N–H and O–H groups in total. The summed E-state index contributed by atoms with van der Waals surface area (Å²) in [7, 11) is 1.55. The van der Waals surface area contributed by atoms with Gasteiger partial charge in [-0.1, -0.05) is 37.6 Å². The SMILES string of the molecule is COc1cccc2c(C(C)C)c(C(=O)O)c(Cl)nc12. The van der Waals surface area contributed by atoms with Crippen LogP contribution in [-0.2, 0) is 0 Å². The number of aromatic carboxylic acids is 1. The molecule has 2 aromatic rings. The van der Waals surface area contributed by atoms with Gasteiger partial charge in [-0.05, 0) is 17.5 Å². The molecule has 2 rings (SSSR count). The third-order valence-electron chi connectivity index (χ3n) is 2.99. The van der Waals surface area contributed by atoms with E-state index in [9.17, 15) is 9.90 Å². The zero-order valence-electron chi connectivity index (χ0n) is 10.9. The van der Waals surface area contributed by atoms with Crippen molar-refractivity contribution in [3.05, 3.63) is 34.5 Å². The number of rotatable bonds is 3. The highest BCUT2D eigenvalue weighted by molar-refractivity contribution is 6.33. The van der Waals surface area contributed by atoms with E-state index >= 15 is 0 Å². The lowest BCUT2D eigenvalue weighted by atomic mass is 9.94. The molecule has 0 aliphatic rings. The van der Waals surface area contributed by atoms with Crippen molar-refractivity contribution in [1.29, 1.82) is 0 Å². The number of nitrogens with zero attached hydrogens (tertiary/aromatic N) is 1. The quantitative estimate of drug-likeness (QED) is 0.870. The summed E-state index contributed by atoms with van der Waals surface area (Å²) >= 11 is 6.03. The van der Waals surface area contributed by atoms with Crippen LogP contribution in [0.5, 0.6) is 5.75 Å². The number of carboxylic acids is 1. The Kier molecular flexibility index (Phi) is 3.62. The minimum Gasteiger partial charge on any atom is -0.494 e. The minimum atomic E-state index is -1.06. The predicted octanol–water partition coefficient (Wildman–Crippen LogP) is 3.72. The molecule has 0 amide bonds. The van der Waals surface area contributed by atoms with E-state index in [1.165, 1.54) is 0 Å². The zero-order chi connectivity index (χ0) is 14.2. The lowest BCUT2D eigenvalue weighted by Crippen LogP contribution is -2.08. The Morgan fingerprint density at radius 1 is 1.42 bits per heavy atom. The fraction of sp³-hybridized carbons (Fsp3) is 0.286. The fourth-order valence-corrected chi connectivity index (χ4v) is 2.49. The molecule has 100 valence electrons. The highest BCUT2D eigenvalue weighted by atomic mass is 35.5. The van der Waals surface area contributed by atoms with Gasteiger partial charge in [0.2, 0.25) is 0 Å². The second-order valence-corrected chi connectivity index (χ2v) is 4.87. The summed E-state index contributed by atoms with van der Waals surface area (Å²) in [6.45, 7) is 3.86. The van der Waals surface area contributed by atoms with E-state index in [1.54, 1.807) is 13.2 Å². The number of fused-ring (bicyclic) bond motifs is 1. The molecular formula is C14H14ClNO3. The first-order valence-corrected chi connectivity index (χ1v) is 6.24. The number of carboxylic acid groups (broad SMARTS) is 1. The van der Waals surface area contributed by atoms with Crippen LogP contribution in [0.3, 0.4) is 0 Å². The van der Waals surface area contributed by atoms with Gasteiger partial charge in [-0.15, -0.1) is 0 Å². The van der Waals surface area contributed by atoms with E-state index in [0.717, 1.165) is 5.39 Å². The summed E-state index contributed by atoms with van der Waals surface area (Å²) in [6, 6.07) is 5.42. The first-order valence-electron chi connectivity index (χ1n) is 5.86. The molecule has 0 fully saturated rings. The van der Waals surface area contributed by atoms with Crippen molar-refractivity contribution >= 4 is 28.5 Å². The van der Waals surface area contributed by atoms with E-state index in [1.807, 2.05) is 26.0 Å². The Hall–Kier alpha value is -1.81. The Bertz CT molecular complexity index is 653. The van der Waals surface area contributed by atoms with Crippen LogP contribution in [-0.4, -0.2) is 23.2 Å². The lowest BCUT2D eigenvalue weighted by molar-refractivity contribution is 0.0695. The first-order chi connectivity index (χ1) is 8.97. The van der Waals surface area contributed by atoms with Gasteiger partial charge in [0.1, 0.15) is 22.0 Å². The molecule has 0 radical (unpaired) electrons. The maximum absolute atomic E-state index is 11.4. The third kappa shape index (κ3) is 2.24. The van der Waals surface area contributed by atoms with Crippen molar-refractivity contribution in [1.82, 2.24) is 4.98 Å². The van der Waals surface area contributed by atoms with E-state index < -0.39 is 5.97 Å². The number of hydrogen-bond acceptors (Lipinski definition) is 3. The van der Waals surface area contributed by atoms with Gasteiger partial charge < -0.3 is 9.84 Å². The Balaban J connectivity index is 2.96. The van der Waals surface area contributed by atoms with Crippen LogP contribution < -0.4 is 4.74 Å². The van der Waals surface area contributed by atoms with Gasteiger partial charge in [0.05, 0.1) is 7.11 Å². The fourth-order valence-electron chi connectivity index (χ4n) is 2.22. The second-order valence-electron chi connectivity index (χ2n) is 4.51. The molecule has 0 saturated heterocycles. The molecule has 1 heterocycles. The van der Waals surface area contributed by atoms with Gasteiger partial charge in [-0.25, -0.2) is 9.78 Å². The smallest absolute Gasteiger partial charge is 0.339 e. The molecular weight excluding hydrogens is 266 g/mol. The molecule has 0 unspecified atom stereocenters. The van der Waals surface area contributed by atoms with Crippen molar-refractivity contribution in [2.75, 3.05) is 7.11 Å². The molecule has 0 aliphatic heterocycles. The van der Waals surface area contributed by atoms with Crippen LogP contribution in [0.2, 0.25) is 5.15 Å². The Labute approximate surface area is 116 Å². The normalized spacial score (nSPS) is 11.0. The van der Waals surface area contributed by atoms with Crippen molar-refractivity contribution in [3.63, 3.8) is 0 Å². The van der Waals surface area contributed by atoms with Crippen LogP contribution in [0.4, 0.5) is 0 Å². The number of aromatic nitrogens is 1. The van der Waals surface area contributed by atoms with Gasteiger partial charge in [-0.2, -0.15) is 0 Å². The molecule has 0 aliphatic carbocycles. The van der Waals surface area contributed by atoms with E-state index in [-0.39, 0.29) is 16.6 Å². The maximum Gasteiger partial charge on any atom is 0.339 e. The van der Waals surface area contributed by atoms with Gasteiger partial charge >= 0.3 is 5.97 Å². The average Bonchev–Trinajstić information content (AvgIpc) is 2.35. The number of methoxy groups -OCH3 is 1. The van der Waals surface area contributed by atoms with Gasteiger partial charge in [-0.3, -0.25) is 0 Å². The molecule has 4 nitrogen and oxygen atoms in total. The van der Waals surface area contributed by atoms with Gasteiger partial charge in [0.25, 0.3) is 0 Å². The Morgan fingerprint density at radius 3 is 2.63 bits per heavy atom. The zero-order valence-corrected chi connectivity index (χ0v) is 11.7. The van der Waals surface area contributed by atoms with Crippen LogP contribution in [0, 0.1) is 0 Å². The lowest BCUT2D eigenvalue weighted by Gasteiger charge is -2.15. The minimum absolute atomic E-state index is 0.00630. The monoisotopic (exact) mass is 279 g/mol. The molecule has 0 bridgehead atoms. The third-order valence-corrected chi connectivity index (χ3v) is 3.26. The average molecular weight is 280 g/mol. The predicted molar refractivity (Wildman–Crippen MR) is 74.4 cm³/mol. The highest BCUT2D eigenvalue weighted by Gasteiger charge is 2.22. The molecule has 19 heavy (non-hydrogen) atoms. The highest BCUT2D eigenvalue weighted by Crippen LogP contribution is 2.35. The second kappa shape index (κ2) is 5.05. The number of benzene rings is 1. The summed E-state index contributed by atoms with van der Waals surface area (Å²) in [4.78, 5) is 15.6. The molecule has 1 aromatic carbocycles. The number of ether oxygens (including phenoxy) is 1. The van der Waals surface area contributed by atoms with Crippen LogP contribution in [0.1, 0.15) is 35.7 Å². The van der Waals surface area contributed by atoms with Crippen LogP contribution in [0.25, 0.3) is 10.9 Å². The van der Waals surface area contributed by atoms with Crippen molar-refractivity contribution in [2.45, 2.75) is 19.8 Å². The van der Waals surface area contributed by atoms with E-state index in [2.05, 4.69) is 4.98 Å². The summed E-state index contributed by atoms with van der Waals surface area (Å²) in [5, 5.41) is 10.1. The van der Waals surface area contributed by atoms with Gasteiger partial charge in [0.15, 0.2) is 0 Å². The number of hydrogen-bond donors (Lipinski definition) is 1. The summed E-state index contributed by atoms with van der Waals surface area (Å²) < 4.78 is 5.25. The maximum atomic E-state index is 11.4. The molecule has 0 saturated carbocycles. The standard InChI is InChI=1S/C14H14ClNO3/c1-7(2)10-8-5-4-6-9(19-3)12(8)16-13(15)11(10)14(17)18/h4-7H,1-3H3,(H,17,18). The largest absolute Gasteiger partial charge is 0.494 e. The molecule has 5 heteroatoms. The number of para-hydroxylation sites is 1. The Morgan fingerprint density at radius 2 is 2.11 bits per heavy atom. The van der Waals surface area contributed by atoms with Gasteiger partial charge in [0, 0.05) is 5.39 Å². The first kappa shape index (κ1) is 13.6. The number of halogens is 1. The molecule has 0 atom stereocenters. The summed E-state index contributed by atoms with van der Waals surface area (Å²) in [5.41, 5.74) is 1.34. The van der Waals surface area contributed by atoms with Crippen molar-refractivity contribution in [2.24, 2.45) is 0 Å². The van der Waals surface area contributed by atoms with Crippen molar-refractivity contribution in [3.8, 4) is 5.75 Å². The molecule has 1 aromatic heterocycles. The van der Waals surface area contributed by atoms with Crippen molar-refractivity contribution < 1.29 is 14.6 Å². The molecule has 0 spiro atoms. The summed E-state index contributed by atoms with van der Waals surface area (Å²) in [6.07, 6.45) is 0. The summed E-state index contributed by atoms with van der Waals surface area (Å²) in [5.74, 6) is -0.467. The van der Waals surface area contributed by atoms with E-state index in [0.29, 0.717) is 16.8 Å². The van der Waals surface area contributed by atoms with Crippen LogP contribution in [0.15, 0.2) is 18.2 Å². The van der Waals surface area contributed by atoms with Crippen LogP contribution >= 0.6 is 11.6 Å².